The third-order valence-corrected chi connectivity index (χ3v) is 5.46. The second kappa shape index (κ2) is 27.9. The van der Waals surface area contributed by atoms with Gasteiger partial charge in [-0.15, -0.1) is 0 Å². The number of unbranched alkanes of at least 4 members (excludes halogenated alkanes) is 21. The Morgan fingerprint density at radius 1 is 0.280 bits per heavy atom. The average molecular weight is 379 g/mol. The van der Waals surface area contributed by atoms with E-state index in [1.165, 1.54) is 141 Å². The van der Waals surface area contributed by atoms with Crippen LogP contribution in [0.2, 0.25) is 0 Å². The molecule has 0 aromatic rings. The molecule has 0 unspecified atom stereocenters. The average Bonchev–Trinajstić information content (AvgIpc) is 2.60. The monoisotopic (exact) mass is 378 g/mol. The maximum Gasteiger partial charge on any atom is 1.00 e. The van der Waals surface area contributed by atoms with Gasteiger partial charge in [0.2, 0.25) is 0 Å². The minimum absolute atomic E-state index is 0. The Morgan fingerprint density at radius 3 is 0.520 bits per heavy atom. The first-order valence-corrected chi connectivity index (χ1v) is 11.9. The van der Waals surface area contributed by atoms with Crippen LogP contribution in [0, 0.1) is 0 Å². The molecule has 0 amide bonds. The predicted molar refractivity (Wildman–Crippen MR) is 114 cm³/mol. The van der Waals surface area contributed by atoms with Gasteiger partial charge in [0.25, 0.3) is 0 Å². The van der Waals surface area contributed by atoms with Gasteiger partial charge in [-0.05, 0) is 0 Å². The van der Waals surface area contributed by atoms with E-state index in [2.05, 4.69) is 13.8 Å². The van der Waals surface area contributed by atoms with Crippen LogP contribution in [-0.4, -0.2) is 0 Å². The fourth-order valence-corrected chi connectivity index (χ4v) is 3.68. The standard InChI is InChI=1S/C24H50.K.H/c1-3-5-7-9-11-13-15-17-19-21-23-24-22-20-18-16-14-12-10-8-6-4-2;;/h3-24H2,1-2H3;;/q;+1;-1. The molecule has 0 nitrogen and oxygen atoms in total. The number of rotatable bonds is 21. The van der Waals surface area contributed by atoms with Crippen LogP contribution in [0.25, 0.3) is 0 Å². The van der Waals surface area contributed by atoms with E-state index in [-0.39, 0.29) is 52.8 Å². The maximum atomic E-state index is 2.30. The Labute approximate surface area is 206 Å². The summed E-state index contributed by atoms with van der Waals surface area (Å²) in [5, 5.41) is 0. The van der Waals surface area contributed by atoms with Crippen molar-refractivity contribution in [2.45, 2.75) is 155 Å². The van der Waals surface area contributed by atoms with Crippen molar-refractivity contribution >= 4 is 0 Å². The Balaban J connectivity index is -0.00000264. The molecule has 0 aliphatic heterocycles. The molecule has 0 aliphatic rings. The SMILES string of the molecule is CCCCCCCCCCCCCCCCCCCCCCCC.[H-].[K+]. The van der Waals surface area contributed by atoms with Gasteiger partial charge in [0.1, 0.15) is 0 Å². The Bertz CT molecular complexity index is 186. The smallest absolute Gasteiger partial charge is 1.00 e. The summed E-state index contributed by atoms with van der Waals surface area (Å²) in [6.07, 6.45) is 32.4. The van der Waals surface area contributed by atoms with E-state index < -0.39 is 0 Å². The van der Waals surface area contributed by atoms with Gasteiger partial charge < -0.3 is 1.43 Å². The van der Waals surface area contributed by atoms with Crippen LogP contribution in [0.15, 0.2) is 0 Å². The van der Waals surface area contributed by atoms with E-state index in [1.54, 1.807) is 0 Å². The zero-order chi connectivity index (χ0) is 17.6. The number of hydrogen-bond acceptors (Lipinski definition) is 0. The Kier molecular flexibility index (Phi) is 32.1. The second-order valence-electron chi connectivity index (χ2n) is 8.07. The van der Waals surface area contributed by atoms with Gasteiger partial charge in [0.05, 0.1) is 0 Å². The summed E-state index contributed by atoms with van der Waals surface area (Å²) in [5.74, 6) is 0. The quantitative estimate of drug-likeness (QED) is 0.153. The van der Waals surface area contributed by atoms with Gasteiger partial charge in [0.15, 0.2) is 0 Å². The van der Waals surface area contributed by atoms with Crippen molar-refractivity contribution in [2.75, 3.05) is 0 Å². The van der Waals surface area contributed by atoms with Crippen LogP contribution >= 0.6 is 0 Å². The molecule has 0 saturated heterocycles. The van der Waals surface area contributed by atoms with Crippen molar-refractivity contribution in [2.24, 2.45) is 0 Å². The Hall–Kier alpha value is 1.64. The van der Waals surface area contributed by atoms with Crippen LogP contribution in [-0.2, 0) is 0 Å². The minimum Gasteiger partial charge on any atom is -1.00 e. The molecule has 0 aromatic carbocycles. The molecule has 25 heavy (non-hydrogen) atoms. The third-order valence-electron chi connectivity index (χ3n) is 5.46. The summed E-state index contributed by atoms with van der Waals surface area (Å²) in [6, 6.07) is 0. The molecule has 148 valence electrons. The fourth-order valence-electron chi connectivity index (χ4n) is 3.68. The number of hydrogen-bond donors (Lipinski definition) is 0. The van der Waals surface area contributed by atoms with Crippen LogP contribution in [0.1, 0.15) is 157 Å². The first kappa shape index (κ1) is 28.8. The second-order valence-corrected chi connectivity index (χ2v) is 8.07. The summed E-state index contributed by atoms with van der Waals surface area (Å²) in [6.45, 7) is 4.60. The minimum atomic E-state index is 0. The first-order chi connectivity index (χ1) is 11.9. The molecule has 0 saturated carbocycles. The first-order valence-electron chi connectivity index (χ1n) is 11.9. The molecule has 0 N–H and O–H groups in total. The molecule has 0 spiro atoms. The maximum absolute atomic E-state index is 2.30. The van der Waals surface area contributed by atoms with Gasteiger partial charge >= 0.3 is 51.4 Å². The molecule has 0 rings (SSSR count). The van der Waals surface area contributed by atoms with Crippen molar-refractivity contribution in [1.82, 2.24) is 0 Å². The molecule has 0 fully saturated rings. The van der Waals surface area contributed by atoms with Crippen LogP contribution in [0.3, 0.4) is 0 Å². The van der Waals surface area contributed by atoms with Gasteiger partial charge in [0, 0.05) is 0 Å². The van der Waals surface area contributed by atoms with Crippen molar-refractivity contribution in [3.05, 3.63) is 0 Å². The molecule has 0 atom stereocenters. The largest absolute Gasteiger partial charge is 1.00 e. The summed E-state index contributed by atoms with van der Waals surface area (Å²) >= 11 is 0. The molecule has 0 bridgehead atoms. The molecule has 0 heterocycles. The van der Waals surface area contributed by atoms with Crippen LogP contribution < -0.4 is 51.4 Å². The van der Waals surface area contributed by atoms with E-state index in [9.17, 15) is 0 Å². The third kappa shape index (κ3) is 28.0. The zero-order valence-electron chi connectivity index (χ0n) is 19.6. The molecule has 0 radical (unpaired) electrons. The summed E-state index contributed by atoms with van der Waals surface area (Å²) < 4.78 is 0. The van der Waals surface area contributed by atoms with Crippen molar-refractivity contribution in [3.63, 3.8) is 0 Å². The Morgan fingerprint density at radius 2 is 0.400 bits per heavy atom. The van der Waals surface area contributed by atoms with E-state index >= 15 is 0 Å². The van der Waals surface area contributed by atoms with E-state index in [1.807, 2.05) is 0 Å². The van der Waals surface area contributed by atoms with Gasteiger partial charge in [-0.2, -0.15) is 0 Å². The van der Waals surface area contributed by atoms with Gasteiger partial charge in [-0.25, -0.2) is 0 Å². The zero-order valence-corrected chi connectivity index (χ0v) is 21.7. The molecular weight excluding hydrogens is 327 g/mol. The van der Waals surface area contributed by atoms with Crippen molar-refractivity contribution in [3.8, 4) is 0 Å². The van der Waals surface area contributed by atoms with Crippen molar-refractivity contribution in [1.29, 1.82) is 0 Å². The summed E-state index contributed by atoms with van der Waals surface area (Å²) in [4.78, 5) is 0. The molecular formula is C24H51K. The summed E-state index contributed by atoms with van der Waals surface area (Å²) in [5.41, 5.74) is 0. The normalized spacial score (nSPS) is 10.8. The predicted octanol–water partition coefficient (Wildman–Crippen LogP) is 6.72. The molecule has 0 aliphatic carbocycles. The van der Waals surface area contributed by atoms with Crippen LogP contribution in [0.5, 0.6) is 0 Å². The van der Waals surface area contributed by atoms with E-state index in [0.29, 0.717) is 0 Å². The van der Waals surface area contributed by atoms with E-state index in [4.69, 9.17) is 0 Å². The molecule has 1 heteroatoms. The fraction of sp³-hybridized carbons (Fsp3) is 1.00. The van der Waals surface area contributed by atoms with Gasteiger partial charge in [-0.1, -0.05) is 155 Å². The van der Waals surface area contributed by atoms with Crippen molar-refractivity contribution < 1.29 is 52.8 Å². The topological polar surface area (TPSA) is 0 Å². The van der Waals surface area contributed by atoms with E-state index in [0.717, 1.165) is 0 Å². The molecule has 0 aromatic heterocycles. The summed E-state index contributed by atoms with van der Waals surface area (Å²) in [7, 11) is 0. The van der Waals surface area contributed by atoms with Crippen LogP contribution in [0.4, 0.5) is 0 Å². The van der Waals surface area contributed by atoms with Gasteiger partial charge in [-0.3, -0.25) is 0 Å².